The number of nitrogens with one attached hydrogen (secondary N) is 2. The molecular formula is C18H29N5O4S. The number of pyridine rings is 1. The molecule has 10 heteroatoms. The van der Waals surface area contributed by atoms with Gasteiger partial charge in [0.05, 0.1) is 23.6 Å². The smallest absolute Gasteiger partial charge is 0.319 e. The molecule has 0 saturated carbocycles. The van der Waals surface area contributed by atoms with E-state index in [1.54, 1.807) is 18.3 Å². The summed E-state index contributed by atoms with van der Waals surface area (Å²) in [5.41, 5.74) is 0.626. The fraction of sp³-hybridized carbons (Fsp3) is 0.667. The van der Waals surface area contributed by atoms with E-state index in [9.17, 15) is 13.2 Å². The molecule has 0 bridgehead atoms. The maximum atomic E-state index is 12.5. The molecule has 2 amide bonds. The Morgan fingerprint density at radius 1 is 1.25 bits per heavy atom. The SMILES string of the molecule is C[C@@H]1CN(S(=O)(=O)CCNC(=O)Nc2cccnc2N2CCCC2)C[C@H](C)O1. The fourth-order valence-corrected chi connectivity index (χ4v) is 5.11. The lowest BCUT2D eigenvalue weighted by atomic mass is 10.3. The van der Waals surface area contributed by atoms with E-state index in [1.165, 1.54) is 4.31 Å². The van der Waals surface area contributed by atoms with E-state index < -0.39 is 16.1 Å². The van der Waals surface area contributed by atoms with Gasteiger partial charge in [-0.05, 0) is 38.8 Å². The van der Waals surface area contributed by atoms with Crippen molar-refractivity contribution >= 4 is 27.6 Å². The maximum Gasteiger partial charge on any atom is 0.319 e. The normalized spacial score (nSPS) is 23.6. The van der Waals surface area contributed by atoms with Gasteiger partial charge in [-0.2, -0.15) is 4.31 Å². The van der Waals surface area contributed by atoms with Crippen LogP contribution in [0.5, 0.6) is 0 Å². The number of sulfonamides is 1. The number of amides is 2. The molecule has 0 aliphatic carbocycles. The summed E-state index contributed by atoms with van der Waals surface area (Å²) < 4.78 is 32.1. The molecule has 0 radical (unpaired) electrons. The van der Waals surface area contributed by atoms with Crippen LogP contribution in [-0.2, 0) is 14.8 Å². The van der Waals surface area contributed by atoms with Gasteiger partial charge in [0.15, 0.2) is 5.82 Å². The van der Waals surface area contributed by atoms with Crippen LogP contribution < -0.4 is 15.5 Å². The van der Waals surface area contributed by atoms with Gasteiger partial charge in [-0.1, -0.05) is 0 Å². The topological polar surface area (TPSA) is 104 Å². The molecule has 2 atom stereocenters. The zero-order chi connectivity index (χ0) is 20.1. The van der Waals surface area contributed by atoms with Crippen molar-refractivity contribution in [3.63, 3.8) is 0 Å². The van der Waals surface area contributed by atoms with E-state index >= 15 is 0 Å². The quantitative estimate of drug-likeness (QED) is 0.730. The lowest BCUT2D eigenvalue weighted by Gasteiger charge is -2.34. The van der Waals surface area contributed by atoms with Gasteiger partial charge in [0.1, 0.15) is 0 Å². The Balaban J connectivity index is 1.51. The Bertz CT molecular complexity index is 772. The zero-order valence-electron chi connectivity index (χ0n) is 16.4. The number of carbonyl (C=O) groups excluding carboxylic acids is 1. The van der Waals surface area contributed by atoms with Crippen LogP contribution in [0, 0.1) is 0 Å². The molecule has 2 aliphatic heterocycles. The zero-order valence-corrected chi connectivity index (χ0v) is 17.2. The third-order valence-corrected chi connectivity index (χ3v) is 6.67. The molecular weight excluding hydrogens is 382 g/mol. The first-order valence-corrected chi connectivity index (χ1v) is 11.3. The average Bonchev–Trinajstić information content (AvgIpc) is 3.15. The standard InChI is InChI=1S/C18H29N5O4S/c1-14-12-23(13-15(2)27-14)28(25,26)11-8-20-18(24)21-16-6-5-7-19-17(16)22-9-3-4-10-22/h5-7,14-15H,3-4,8-13H2,1-2H3,(H2,20,21,24)/t14-,15+. The number of anilines is 2. The number of rotatable bonds is 6. The first-order chi connectivity index (χ1) is 13.3. The Morgan fingerprint density at radius 2 is 1.93 bits per heavy atom. The third kappa shape index (κ3) is 5.33. The van der Waals surface area contributed by atoms with Gasteiger partial charge in [-0.25, -0.2) is 18.2 Å². The summed E-state index contributed by atoms with van der Waals surface area (Å²) in [7, 11) is -3.45. The van der Waals surface area contributed by atoms with Crippen molar-refractivity contribution in [2.45, 2.75) is 38.9 Å². The summed E-state index contributed by atoms with van der Waals surface area (Å²) >= 11 is 0. The van der Waals surface area contributed by atoms with Gasteiger partial charge in [-0.15, -0.1) is 0 Å². The molecule has 0 aromatic carbocycles. The van der Waals surface area contributed by atoms with Gasteiger partial charge in [0, 0.05) is 38.9 Å². The van der Waals surface area contributed by atoms with Gasteiger partial charge < -0.3 is 20.3 Å². The molecule has 2 fully saturated rings. The minimum Gasteiger partial charge on any atom is -0.373 e. The molecule has 1 aromatic heterocycles. The Kier molecular flexibility index (Phi) is 6.73. The van der Waals surface area contributed by atoms with E-state index in [0.29, 0.717) is 18.8 Å². The van der Waals surface area contributed by atoms with Crippen LogP contribution >= 0.6 is 0 Å². The van der Waals surface area contributed by atoms with Gasteiger partial charge in [0.25, 0.3) is 0 Å². The lowest BCUT2D eigenvalue weighted by molar-refractivity contribution is -0.0440. The molecule has 156 valence electrons. The summed E-state index contributed by atoms with van der Waals surface area (Å²) in [5, 5.41) is 5.42. The number of ether oxygens (including phenoxy) is 1. The van der Waals surface area contributed by atoms with Crippen LogP contribution in [-0.4, -0.2) is 74.4 Å². The summed E-state index contributed by atoms with van der Waals surface area (Å²) in [4.78, 5) is 18.8. The molecule has 0 spiro atoms. The Labute approximate surface area is 166 Å². The molecule has 2 saturated heterocycles. The van der Waals surface area contributed by atoms with E-state index in [1.807, 2.05) is 13.8 Å². The largest absolute Gasteiger partial charge is 0.373 e. The van der Waals surface area contributed by atoms with E-state index in [0.717, 1.165) is 31.7 Å². The molecule has 3 heterocycles. The van der Waals surface area contributed by atoms with Gasteiger partial charge in [0.2, 0.25) is 10.0 Å². The number of hydrogen-bond donors (Lipinski definition) is 2. The monoisotopic (exact) mass is 411 g/mol. The Hall–Kier alpha value is -1.91. The maximum absolute atomic E-state index is 12.5. The van der Waals surface area contributed by atoms with Crippen LogP contribution in [0.4, 0.5) is 16.3 Å². The van der Waals surface area contributed by atoms with Crippen molar-refractivity contribution in [2.75, 3.05) is 48.7 Å². The third-order valence-electron chi connectivity index (χ3n) is 4.87. The summed E-state index contributed by atoms with van der Waals surface area (Å²) in [6, 6.07) is 3.13. The number of morpholine rings is 1. The van der Waals surface area contributed by atoms with E-state index in [4.69, 9.17) is 4.74 Å². The van der Waals surface area contributed by atoms with Crippen LogP contribution in [0.25, 0.3) is 0 Å². The van der Waals surface area contributed by atoms with Crippen molar-refractivity contribution in [2.24, 2.45) is 0 Å². The van der Waals surface area contributed by atoms with Crippen molar-refractivity contribution in [3.05, 3.63) is 18.3 Å². The highest BCUT2D eigenvalue weighted by Crippen LogP contribution is 2.25. The van der Waals surface area contributed by atoms with Crippen LogP contribution in [0.3, 0.4) is 0 Å². The number of aromatic nitrogens is 1. The lowest BCUT2D eigenvalue weighted by Crippen LogP contribution is -2.49. The first-order valence-electron chi connectivity index (χ1n) is 9.73. The van der Waals surface area contributed by atoms with E-state index in [-0.39, 0.29) is 24.5 Å². The second-order valence-corrected chi connectivity index (χ2v) is 9.43. The fourth-order valence-electron chi connectivity index (χ4n) is 3.62. The van der Waals surface area contributed by atoms with E-state index in [2.05, 4.69) is 20.5 Å². The number of carbonyl (C=O) groups is 1. The van der Waals surface area contributed by atoms with Gasteiger partial charge in [-0.3, -0.25) is 0 Å². The van der Waals surface area contributed by atoms with Gasteiger partial charge >= 0.3 is 6.03 Å². The van der Waals surface area contributed by atoms with Crippen LogP contribution in [0.15, 0.2) is 18.3 Å². The second kappa shape index (κ2) is 9.06. The number of nitrogens with zero attached hydrogens (tertiary/aromatic N) is 3. The highest BCUT2D eigenvalue weighted by atomic mass is 32.2. The summed E-state index contributed by atoms with van der Waals surface area (Å²) in [6.45, 7) is 6.27. The molecule has 2 N–H and O–H groups in total. The number of urea groups is 1. The minimum absolute atomic E-state index is 0.0353. The molecule has 0 unspecified atom stereocenters. The molecule has 2 aliphatic rings. The molecule has 1 aromatic rings. The minimum atomic E-state index is -3.45. The highest BCUT2D eigenvalue weighted by Gasteiger charge is 2.30. The Morgan fingerprint density at radius 3 is 2.61 bits per heavy atom. The predicted molar refractivity (Wildman–Crippen MR) is 108 cm³/mol. The first kappa shape index (κ1) is 20.8. The summed E-state index contributed by atoms with van der Waals surface area (Å²) in [5.74, 6) is 0.602. The molecule has 9 nitrogen and oxygen atoms in total. The highest BCUT2D eigenvalue weighted by molar-refractivity contribution is 7.89. The molecule has 3 rings (SSSR count). The summed E-state index contributed by atoms with van der Waals surface area (Å²) in [6.07, 6.45) is 3.65. The van der Waals surface area contributed by atoms with Crippen molar-refractivity contribution in [3.8, 4) is 0 Å². The second-order valence-electron chi connectivity index (χ2n) is 7.34. The van der Waals surface area contributed by atoms with Crippen molar-refractivity contribution in [1.82, 2.24) is 14.6 Å². The van der Waals surface area contributed by atoms with Crippen molar-refractivity contribution in [1.29, 1.82) is 0 Å². The molecule has 28 heavy (non-hydrogen) atoms. The average molecular weight is 412 g/mol. The van der Waals surface area contributed by atoms with Crippen LogP contribution in [0.1, 0.15) is 26.7 Å². The predicted octanol–water partition coefficient (Wildman–Crippen LogP) is 1.24. The number of hydrogen-bond acceptors (Lipinski definition) is 6. The van der Waals surface area contributed by atoms with Crippen LogP contribution in [0.2, 0.25) is 0 Å². The van der Waals surface area contributed by atoms with Crippen molar-refractivity contribution < 1.29 is 17.9 Å².